The van der Waals surface area contributed by atoms with Crippen LogP contribution in [0.4, 0.5) is 11.6 Å². The Labute approximate surface area is 158 Å². The minimum absolute atomic E-state index is 0.263. The number of nitrogens with one attached hydrogen (secondary N) is 2. The van der Waals surface area contributed by atoms with E-state index < -0.39 is 0 Å². The molecule has 27 heavy (non-hydrogen) atoms. The molecule has 2 aromatic carbocycles. The van der Waals surface area contributed by atoms with E-state index in [1.54, 1.807) is 12.1 Å². The van der Waals surface area contributed by atoms with Gasteiger partial charge in [0.15, 0.2) is 0 Å². The zero-order valence-corrected chi connectivity index (χ0v) is 15.5. The Bertz CT molecular complexity index is 963. The van der Waals surface area contributed by atoms with E-state index in [2.05, 4.69) is 25.6 Å². The molecule has 0 aliphatic rings. The molecule has 0 radical (unpaired) electrons. The molecular weight excluding hydrogens is 338 g/mol. The first-order valence-corrected chi connectivity index (χ1v) is 8.61. The third-order valence-corrected chi connectivity index (χ3v) is 3.73. The van der Waals surface area contributed by atoms with Crippen LogP contribution in [0, 0.1) is 20.8 Å². The van der Waals surface area contributed by atoms with E-state index in [0.29, 0.717) is 5.56 Å². The van der Waals surface area contributed by atoms with Gasteiger partial charge in [-0.1, -0.05) is 30.3 Å². The average Bonchev–Trinajstić information content (AvgIpc) is 2.61. The van der Waals surface area contributed by atoms with Crippen molar-refractivity contribution in [1.29, 1.82) is 0 Å². The fourth-order valence-corrected chi connectivity index (χ4v) is 2.57. The van der Waals surface area contributed by atoms with Gasteiger partial charge in [0, 0.05) is 22.6 Å². The van der Waals surface area contributed by atoms with Crippen LogP contribution in [0.3, 0.4) is 0 Å². The van der Waals surface area contributed by atoms with Crippen molar-refractivity contribution in [2.24, 2.45) is 4.99 Å². The maximum Gasteiger partial charge on any atom is 0.257 e. The van der Waals surface area contributed by atoms with E-state index in [1.807, 2.05) is 69.3 Å². The normalized spacial score (nSPS) is 11.1. The summed E-state index contributed by atoms with van der Waals surface area (Å²) in [6, 6.07) is 18.6. The lowest BCUT2D eigenvalue weighted by molar-refractivity contribution is 0.0977. The summed E-state index contributed by atoms with van der Waals surface area (Å²) in [6.07, 6.45) is 0. The number of aryl methyl sites for hydroxylation is 3. The zero-order chi connectivity index (χ0) is 19.2. The van der Waals surface area contributed by atoms with Crippen molar-refractivity contribution in [1.82, 2.24) is 15.3 Å². The number of aromatic nitrogens is 2. The largest absolute Gasteiger partial charge is 0.326 e. The van der Waals surface area contributed by atoms with Gasteiger partial charge >= 0.3 is 0 Å². The number of carbonyl (C=O) groups excluding carboxylic acids is 1. The monoisotopic (exact) mass is 359 g/mol. The van der Waals surface area contributed by atoms with Crippen LogP contribution < -0.4 is 10.6 Å². The van der Waals surface area contributed by atoms with Crippen molar-refractivity contribution in [2.45, 2.75) is 20.8 Å². The van der Waals surface area contributed by atoms with Crippen molar-refractivity contribution in [3.8, 4) is 0 Å². The number of amides is 1. The first kappa shape index (κ1) is 18.3. The van der Waals surface area contributed by atoms with E-state index >= 15 is 0 Å². The van der Waals surface area contributed by atoms with Gasteiger partial charge in [0.2, 0.25) is 5.96 Å². The van der Waals surface area contributed by atoms with Gasteiger partial charge in [-0.2, -0.15) is 4.99 Å². The van der Waals surface area contributed by atoms with Crippen LogP contribution in [0.25, 0.3) is 0 Å². The Kier molecular flexibility index (Phi) is 5.56. The Morgan fingerprint density at radius 1 is 0.889 bits per heavy atom. The van der Waals surface area contributed by atoms with Crippen LogP contribution in [-0.2, 0) is 0 Å². The maximum atomic E-state index is 12.6. The Hall–Kier alpha value is -3.54. The van der Waals surface area contributed by atoms with Gasteiger partial charge in [-0.25, -0.2) is 9.97 Å². The van der Waals surface area contributed by atoms with Gasteiger partial charge in [-0.05, 0) is 56.7 Å². The first-order chi connectivity index (χ1) is 13.0. The molecule has 0 bridgehead atoms. The molecule has 0 fully saturated rings. The lowest BCUT2D eigenvalue weighted by Crippen LogP contribution is -2.35. The van der Waals surface area contributed by atoms with Gasteiger partial charge < -0.3 is 5.32 Å². The summed E-state index contributed by atoms with van der Waals surface area (Å²) in [5.41, 5.74) is 4.07. The molecule has 6 nitrogen and oxygen atoms in total. The van der Waals surface area contributed by atoms with E-state index in [0.717, 1.165) is 22.6 Å². The van der Waals surface area contributed by atoms with Crippen molar-refractivity contribution >= 4 is 23.5 Å². The molecule has 0 aliphatic heterocycles. The SMILES string of the molecule is Cc1cccc(NC(=Nc2nc(C)cc(C)n2)NC(=O)c2ccccc2)c1. The number of carbonyl (C=O) groups is 1. The lowest BCUT2D eigenvalue weighted by Gasteiger charge is -2.12. The van der Waals surface area contributed by atoms with Gasteiger partial charge in [0.25, 0.3) is 11.9 Å². The summed E-state index contributed by atoms with van der Waals surface area (Å²) in [7, 11) is 0. The molecule has 6 heteroatoms. The molecule has 1 amide bonds. The van der Waals surface area contributed by atoms with Crippen molar-refractivity contribution < 1.29 is 4.79 Å². The maximum absolute atomic E-state index is 12.6. The van der Waals surface area contributed by atoms with E-state index in [-0.39, 0.29) is 17.8 Å². The van der Waals surface area contributed by atoms with E-state index in [9.17, 15) is 4.79 Å². The number of nitrogens with zero attached hydrogens (tertiary/aromatic N) is 3. The molecule has 1 heterocycles. The van der Waals surface area contributed by atoms with Crippen LogP contribution in [0.5, 0.6) is 0 Å². The molecule has 0 spiro atoms. The first-order valence-electron chi connectivity index (χ1n) is 8.61. The van der Waals surface area contributed by atoms with Gasteiger partial charge in [0.05, 0.1) is 0 Å². The second-order valence-corrected chi connectivity index (χ2v) is 6.23. The molecule has 136 valence electrons. The number of anilines is 1. The molecule has 0 saturated heterocycles. The highest BCUT2D eigenvalue weighted by Gasteiger charge is 2.10. The number of benzene rings is 2. The second-order valence-electron chi connectivity index (χ2n) is 6.23. The summed E-state index contributed by atoms with van der Waals surface area (Å²) >= 11 is 0. The molecule has 0 aliphatic carbocycles. The number of rotatable bonds is 3. The minimum atomic E-state index is -0.265. The number of guanidine groups is 1. The predicted octanol–water partition coefficient (Wildman–Crippen LogP) is 3.93. The van der Waals surface area contributed by atoms with Crippen molar-refractivity contribution in [2.75, 3.05) is 5.32 Å². The quantitative estimate of drug-likeness (QED) is 0.548. The van der Waals surface area contributed by atoms with Crippen molar-refractivity contribution in [3.63, 3.8) is 0 Å². The van der Waals surface area contributed by atoms with Crippen LogP contribution in [0.2, 0.25) is 0 Å². The van der Waals surface area contributed by atoms with Crippen LogP contribution >= 0.6 is 0 Å². The summed E-state index contributed by atoms with van der Waals surface area (Å²) in [6.45, 7) is 5.76. The van der Waals surface area contributed by atoms with Crippen LogP contribution in [0.15, 0.2) is 65.7 Å². The highest BCUT2D eigenvalue weighted by Crippen LogP contribution is 2.12. The molecular formula is C21H21N5O. The number of aliphatic imine (C=N–C) groups is 1. The Morgan fingerprint density at radius 2 is 1.59 bits per heavy atom. The van der Waals surface area contributed by atoms with Gasteiger partial charge in [-0.15, -0.1) is 0 Å². The lowest BCUT2D eigenvalue weighted by atomic mass is 10.2. The van der Waals surface area contributed by atoms with E-state index in [4.69, 9.17) is 0 Å². The molecule has 3 aromatic rings. The Balaban J connectivity index is 1.92. The predicted molar refractivity (Wildman–Crippen MR) is 107 cm³/mol. The highest BCUT2D eigenvalue weighted by molar-refractivity contribution is 6.10. The molecule has 0 saturated carbocycles. The van der Waals surface area contributed by atoms with Gasteiger partial charge in [0.1, 0.15) is 0 Å². The molecule has 1 aromatic heterocycles. The molecule has 2 N–H and O–H groups in total. The number of hydrogen-bond acceptors (Lipinski definition) is 4. The fourth-order valence-electron chi connectivity index (χ4n) is 2.57. The smallest absolute Gasteiger partial charge is 0.257 e. The Morgan fingerprint density at radius 3 is 2.26 bits per heavy atom. The minimum Gasteiger partial charge on any atom is -0.326 e. The summed E-state index contributed by atoms with van der Waals surface area (Å²) in [5.74, 6) is 0.286. The summed E-state index contributed by atoms with van der Waals surface area (Å²) in [5, 5.41) is 5.95. The van der Waals surface area contributed by atoms with E-state index in [1.165, 1.54) is 0 Å². The zero-order valence-electron chi connectivity index (χ0n) is 15.5. The second kappa shape index (κ2) is 8.23. The fraction of sp³-hybridized carbons (Fsp3) is 0.143. The average molecular weight is 359 g/mol. The third-order valence-electron chi connectivity index (χ3n) is 3.73. The molecule has 3 rings (SSSR count). The standard InChI is InChI=1S/C21H21N5O/c1-14-8-7-11-18(12-14)24-21(25-19(27)17-9-5-4-6-10-17)26-20-22-15(2)13-16(3)23-20/h4-13H,1-3H3,(H2,22,23,24,25,26,27). The topological polar surface area (TPSA) is 79.3 Å². The highest BCUT2D eigenvalue weighted by atomic mass is 16.1. The van der Waals surface area contributed by atoms with Crippen LogP contribution in [0.1, 0.15) is 27.3 Å². The van der Waals surface area contributed by atoms with Crippen molar-refractivity contribution in [3.05, 3.63) is 83.2 Å². The molecule has 0 unspecified atom stereocenters. The van der Waals surface area contributed by atoms with Gasteiger partial charge in [-0.3, -0.25) is 10.1 Å². The summed E-state index contributed by atoms with van der Waals surface area (Å²) in [4.78, 5) is 25.6. The molecule has 0 atom stereocenters. The number of hydrogen-bond donors (Lipinski definition) is 2. The third kappa shape index (κ3) is 5.22. The van der Waals surface area contributed by atoms with Crippen LogP contribution in [-0.4, -0.2) is 21.8 Å². The summed E-state index contributed by atoms with van der Waals surface area (Å²) < 4.78 is 0.